The number of ether oxygens (including phenoxy) is 1. The first-order valence-corrected chi connectivity index (χ1v) is 7.32. The van der Waals surface area contributed by atoms with Gasteiger partial charge in [-0.25, -0.2) is 0 Å². The smallest absolute Gasteiger partial charge is 0.175 e. The second kappa shape index (κ2) is 4.88. The van der Waals surface area contributed by atoms with Gasteiger partial charge in [-0.1, -0.05) is 12.1 Å². The summed E-state index contributed by atoms with van der Waals surface area (Å²) in [4.78, 5) is 17.4. The Kier molecular flexibility index (Phi) is 2.88. The van der Waals surface area contributed by atoms with Gasteiger partial charge >= 0.3 is 0 Å². The number of nitrogens with one attached hydrogen (secondary N) is 1. The first kappa shape index (κ1) is 12.4. The van der Waals surface area contributed by atoms with Crippen molar-refractivity contribution in [2.45, 2.75) is 18.8 Å². The summed E-state index contributed by atoms with van der Waals surface area (Å²) in [6.07, 6.45) is 3.53. The van der Waals surface area contributed by atoms with Crippen LogP contribution in [-0.4, -0.2) is 23.9 Å². The number of hydrogen-bond acceptors (Lipinski definition) is 4. The molecule has 0 saturated heterocycles. The van der Waals surface area contributed by atoms with E-state index in [0.717, 1.165) is 30.8 Å². The summed E-state index contributed by atoms with van der Waals surface area (Å²) in [5.74, 6) is 0.671. The van der Waals surface area contributed by atoms with Gasteiger partial charge in [-0.15, -0.1) is 0 Å². The molecule has 4 heteroatoms. The van der Waals surface area contributed by atoms with Crippen LogP contribution in [0.2, 0.25) is 0 Å². The highest BCUT2D eigenvalue weighted by Crippen LogP contribution is 2.38. The zero-order valence-electron chi connectivity index (χ0n) is 11.6. The van der Waals surface area contributed by atoms with E-state index in [1.165, 1.54) is 5.56 Å². The molecule has 2 heterocycles. The zero-order valence-corrected chi connectivity index (χ0v) is 11.6. The Morgan fingerprint density at radius 1 is 1.29 bits per heavy atom. The number of pyridine rings is 1. The molecule has 1 aromatic carbocycles. The van der Waals surface area contributed by atoms with Crippen LogP contribution in [0.1, 0.15) is 34.0 Å². The van der Waals surface area contributed by atoms with Crippen LogP contribution in [0.5, 0.6) is 5.75 Å². The summed E-state index contributed by atoms with van der Waals surface area (Å²) in [5.41, 5.74) is 3.71. The number of para-hydroxylation sites is 1. The van der Waals surface area contributed by atoms with Crippen molar-refractivity contribution in [1.29, 1.82) is 0 Å². The maximum Gasteiger partial charge on any atom is 0.175 e. The van der Waals surface area contributed by atoms with E-state index in [1.54, 1.807) is 6.20 Å². The van der Waals surface area contributed by atoms with E-state index in [2.05, 4.69) is 16.4 Å². The lowest BCUT2D eigenvalue weighted by molar-refractivity contribution is 0.0954. The summed E-state index contributed by atoms with van der Waals surface area (Å²) in [6, 6.07) is 9.71. The fourth-order valence-electron chi connectivity index (χ4n) is 3.22. The Morgan fingerprint density at radius 3 is 3.19 bits per heavy atom. The highest BCUT2D eigenvalue weighted by Gasteiger charge is 2.32. The van der Waals surface area contributed by atoms with Gasteiger partial charge in [0.1, 0.15) is 6.61 Å². The number of nitrogens with zero attached hydrogens (tertiary/aromatic N) is 1. The molecule has 21 heavy (non-hydrogen) atoms. The lowest BCUT2D eigenvalue weighted by atomic mass is 9.94. The van der Waals surface area contributed by atoms with Gasteiger partial charge in [0, 0.05) is 12.7 Å². The standard InChI is InChI=1S/C17H16N2O2/c20-16(12-7-6-11-3-2-8-19-15(11)12)13-4-1-5-14-17(13)21-10-9-18-14/h1-5,8,12,18H,6-7,9-10H2. The minimum absolute atomic E-state index is 0.119. The molecule has 2 aliphatic rings. The quantitative estimate of drug-likeness (QED) is 0.859. The van der Waals surface area contributed by atoms with E-state index in [-0.39, 0.29) is 11.7 Å². The highest BCUT2D eigenvalue weighted by atomic mass is 16.5. The number of anilines is 1. The van der Waals surface area contributed by atoms with Crippen molar-refractivity contribution < 1.29 is 9.53 Å². The topological polar surface area (TPSA) is 51.2 Å². The molecule has 1 aliphatic heterocycles. The van der Waals surface area contributed by atoms with Crippen LogP contribution in [0.3, 0.4) is 0 Å². The molecule has 0 radical (unpaired) electrons. The van der Waals surface area contributed by atoms with Crippen LogP contribution < -0.4 is 10.1 Å². The summed E-state index contributed by atoms with van der Waals surface area (Å²) >= 11 is 0. The second-order valence-electron chi connectivity index (χ2n) is 5.46. The number of Topliss-reactive ketones (excluding diaryl/α,β-unsaturated/α-hetero) is 1. The zero-order chi connectivity index (χ0) is 14.2. The van der Waals surface area contributed by atoms with E-state index in [9.17, 15) is 4.79 Å². The van der Waals surface area contributed by atoms with Crippen molar-refractivity contribution in [3.8, 4) is 5.75 Å². The van der Waals surface area contributed by atoms with E-state index < -0.39 is 0 Å². The Balaban J connectivity index is 1.74. The van der Waals surface area contributed by atoms with Crippen molar-refractivity contribution >= 4 is 11.5 Å². The van der Waals surface area contributed by atoms with Crippen LogP contribution in [0.4, 0.5) is 5.69 Å². The minimum Gasteiger partial charge on any atom is -0.489 e. The molecule has 0 fully saturated rings. The molecule has 0 spiro atoms. The number of hydrogen-bond donors (Lipinski definition) is 1. The third kappa shape index (κ3) is 1.98. The molecule has 106 valence electrons. The fourth-order valence-corrected chi connectivity index (χ4v) is 3.22. The van der Waals surface area contributed by atoms with E-state index >= 15 is 0 Å². The van der Waals surface area contributed by atoms with Gasteiger partial charge < -0.3 is 10.1 Å². The number of aryl methyl sites for hydroxylation is 1. The third-order valence-electron chi connectivity index (χ3n) is 4.22. The number of carbonyl (C=O) groups excluding carboxylic acids is 1. The average molecular weight is 280 g/mol. The van der Waals surface area contributed by atoms with Crippen LogP contribution in [0, 0.1) is 0 Å². The molecule has 4 rings (SSSR count). The maximum atomic E-state index is 12.9. The van der Waals surface area contributed by atoms with Gasteiger partial charge in [-0.3, -0.25) is 9.78 Å². The molecule has 2 aromatic rings. The maximum absolute atomic E-state index is 12.9. The van der Waals surface area contributed by atoms with E-state index in [1.807, 2.05) is 24.3 Å². The van der Waals surface area contributed by atoms with Crippen LogP contribution in [0.25, 0.3) is 0 Å². The molecule has 1 atom stereocenters. The van der Waals surface area contributed by atoms with Gasteiger partial charge in [-0.05, 0) is 36.6 Å². The molecule has 1 aromatic heterocycles. The lowest BCUT2D eigenvalue weighted by Gasteiger charge is -2.22. The molecule has 1 N–H and O–H groups in total. The highest BCUT2D eigenvalue weighted by molar-refractivity contribution is 6.04. The molecule has 1 unspecified atom stereocenters. The van der Waals surface area contributed by atoms with Gasteiger partial charge in [0.25, 0.3) is 0 Å². The van der Waals surface area contributed by atoms with Crippen molar-refractivity contribution in [2.24, 2.45) is 0 Å². The monoisotopic (exact) mass is 280 g/mol. The number of fused-ring (bicyclic) bond motifs is 2. The number of ketones is 1. The largest absolute Gasteiger partial charge is 0.489 e. The summed E-state index contributed by atoms with van der Waals surface area (Å²) < 4.78 is 5.72. The first-order valence-electron chi connectivity index (χ1n) is 7.32. The van der Waals surface area contributed by atoms with Crippen LogP contribution >= 0.6 is 0 Å². The minimum atomic E-state index is -0.141. The van der Waals surface area contributed by atoms with Crippen molar-refractivity contribution in [3.63, 3.8) is 0 Å². The number of rotatable bonds is 2. The number of carbonyl (C=O) groups is 1. The Bertz CT molecular complexity index is 712. The SMILES string of the molecule is O=C(c1cccc2c1OCCN2)C1CCc2cccnc21. The molecule has 4 nitrogen and oxygen atoms in total. The van der Waals surface area contributed by atoms with Crippen molar-refractivity contribution in [3.05, 3.63) is 53.3 Å². The van der Waals surface area contributed by atoms with Gasteiger partial charge in [0.2, 0.25) is 0 Å². The van der Waals surface area contributed by atoms with Gasteiger partial charge in [0.15, 0.2) is 11.5 Å². The summed E-state index contributed by atoms with van der Waals surface area (Å²) in [7, 11) is 0. The Hall–Kier alpha value is -2.36. The fraction of sp³-hybridized carbons (Fsp3) is 0.294. The summed E-state index contributed by atoms with van der Waals surface area (Å²) in [6.45, 7) is 1.37. The van der Waals surface area contributed by atoms with E-state index in [4.69, 9.17) is 4.74 Å². The third-order valence-corrected chi connectivity index (χ3v) is 4.22. The molecule has 0 amide bonds. The summed E-state index contributed by atoms with van der Waals surface area (Å²) in [5, 5.41) is 3.27. The first-order chi connectivity index (χ1) is 10.3. The molecule has 0 bridgehead atoms. The Labute approximate surface area is 123 Å². The molecular formula is C17H16N2O2. The molecule has 0 saturated carbocycles. The predicted octanol–water partition coefficient (Wildman–Crippen LogP) is 2.80. The average Bonchev–Trinajstić information content (AvgIpc) is 2.98. The Morgan fingerprint density at radius 2 is 2.24 bits per heavy atom. The lowest BCUT2D eigenvalue weighted by Crippen LogP contribution is -2.21. The van der Waals surface area contributed by atoms with Crippen molar-refractivity contribution in [1.82, 2.24) is 4.98 Å². The number of benzene rings is 1. The van der Waals surface area contributed by atoms with Gasteiger partial charge in [0.05, 0.1) is 22.9 Å². The normalized spacial score (nSPS) is 19.1. The van der Waals surface area contributed by atoms with E-state index in [0.29, 0.717) is 17.9 Å². The van der Waals surface area contributed by atoms with Crippen molar-refractivity contribution in [2.75, 3.05) is 18.5 Å². The van der Waals surface area contributed by atoms with Gasteiger partial charge in [-0.2, -0.15) is 0 Å². The predicted molar refractivity (Wildman–Crippen MR) is 80.1 cm³/mol. The molecular weight excluding hydrogens is 264 g/mol. The van der Waals surface area contributed by atoms with Crippen LogP contribution in [0.15, 0.2) is 36.5 Å². The molecule has 1 aliphatic carbocycles. The van der Waals surface area contributed by atoms with Crippen LogP contribution in [-0.2, 0) is 6.42 Å². The second-order valence-corrected chi connectivity index (χ2v) is 5.46. The number of aromatic nitrogens is 1.